The van der Waals surface area contributed by atoms with Gasteiger partial charge in [-0.05, 0) is 66.1 Å². The molecule has 0 aliphatic rings. The van der Waals surface area contributed by atoms with Crippen molar-refractivity contribution in [2.75, 3.05) is 13.7 Å². The Morgan fingerprint density at radius 1 is 0.938 bits per heavy atom. The minimum Gasteiger partial charge on any atom is -0.493 e. The lowest BCUT2D eigenvalue weighted by atomic mass is 10.1. The number of ether oxygens (including phenoxy) is 2. The minimum atomic E-state index is -3.66. The molecule has 0 aromatic heterocycles. The molecule has 0 saturated carbocycles. The van der Waals surface area contributed by atoms with E-state index in [0.717, 1.165) is 29.7 Å². The molecule has 0 unspecified atom stereocenters. The fraction of sp³-hybridized carbons (Fsp3) is 0.217. The van der Waals surface area contributed by atoms with Gasteiger partial charge >= 0.3 is 0 Å². The number of primary sulfonamides is 1. The van der Waals surface area contributed by atoms with Gasteiger partial charge in [-0.25, -0.2) is 13.6 Å². The van der Waals surface area contributed by atoms with Gasteiger partial charge in [0.25, 0.3) is 0 Å². The Bertz CT molecular complexity index is 1120. The minimum absolute atomic E-state index is 0. The molecule has 32 heavy (non-hydrogen) atoms. The summed E-state index contributed by atoms with van der Waals surface area (Å²) in [4.78, 5) is 0.119. The number of halogens is 2. The highest BCUT2D eigenvalue weighted by Crippen LogP contribution is 2.29. The fourth-order valence-electron chi connectivity index (χ4n) is 3.04. The van der Waals surface area contributed by atoms with Crippen LogP contribution < -0.4 is 19.9 Å². The summed E-state index contributed by atoms with van der Waals surface area (Å²) in [6.45, 7) is 1.81. The molecule has 0 bridgehead atoms. The van der Waals surface area contributed by atoms with Crippen LogP contribution in [0, 0.1) is 0 Å². The highest BCUT2D eigenvalue weighted by Gasteiger charge is 2.08. The van der Waals surface area contributed by atoms with E-state index in [4.69, 9.17) is 26.2 Å². The SMILES string of the molecule is COc1cc(CNCCc2ccc(S(N)(=O)=O)cc2)ccc1OCc1cccc(Cl)c1.Cl. The Morgan fingerprint density at radius 2 is 1.66 bits per heavy atom. The molecule has 0 atom stereocenters. The molecule has 6 nitrogen and oxygen atoms in total. The Morgan fingerprint density at radius 3 is 2.31 bits per heavy atom. The van der Waals surface area contributed by atoms with E-state index in [2.05, 4.69) is 5.32 Å². The molecule has 0 saturated heterocycles. The average Bonchev–Trinajstić information content (AvgIpc) is 2.75. The molecule has 0 aliphatic heterocycles. The van der Waals surface area contributed by atoms with Crippen LogP contribution in [0.25, 0.3) is 0 Å². The number of rotatable bonds is 10. The van der Waals surface area contributed by atoms with Gasteiger partial charge in [-0.3, -0.25) is 0 Å². The molecule has 172 valence electrons. The zero-order chi connectivity index (χ0) is 22.3. The highest BCUT2D eigenvalue weighted by atomic mass is 35.5. The Balaban J connectivity index is 0.00000363. The van der Waals surface area contributed by atoms with E-state index in [9.17, 15) is 8.42 Å². The predicted octanol–water partition coefficient (Wildman–Crippen LogP) is 4.33. The molecule has 3 aromatic rings. The Labute approximate surface area is 200 Å². The van der Waals surface area contributed by atoms with Gasteiger partial charge in [-0.1, -0.05) is 41.9 Å². The van der Waals surface area contributed by atoms with Gasteiger partial charge in [0.2, 0.25) is 10.0 Å². The summed E-state index contributed by atoms with van der Waals surface area (Å²) in [5, 5.41) is 9.17. The molecule has 9 heteroatoms. The lowest BCUT2D eigenvalue weighted by Crippen LogP contribution is -2.17. The van der Waals surface area contributed by atoms with Crippen molar-refractivity contribution in [3.63, 3.8) is 0 Å². The van der Waals surface area contributed by atoms with Crippen LogP contribution in [-0.4, -0.2) is 22.1 Å². The van der Waals surface area contributed by atoms with E-state index in [-0.39, 0.29) is 17.3 Å². The van der Waals surface area contributed by atoms with Gasteiger partial charge in [0.05, 0.1) is 12.0 Å². The van der Waals surface area contributed by atoms with Crippen molar-refractivity contribution >= 4 is 34.0 Å². The molecule has 0 aliphatic carbocycles. The number of methoxy groups -OCH3 is 1. The van der Waals surface area contributed by atoms with Crippen LogP contribution in [0.2, 0.25) is 5.02 Å². The zero-order valence-corrected chi connectivity index (χ0v) is 20.0. The van der Waals surface area contributed by atoms with Crippen molar-refractivity contribution in [2.45, 2.75) is 24.5 Å². The summed E-state index contributed by atoms with van der Waals surface area (Å²) in [7, 11) is -2.04. The summed E-state index contributed by atoms with van der Waals surface area (Å²) < 4.78 is 34.0. The molecule has 3 rings (SSSR count). The first kappa shape index (κ1) is 26.0. The molecular formula is C23H26Cl2N2O4S. The Kier molecular flexibility index (Phi) is 9.81. The predicted molar refractivity (Wildman–Crippen MR) is 129 cm³/mol. The number of nitrogens with two attached hydrogens (primary N) is 1. The maximum atomic E-state index is 11.3. The average molecular weight is 497 g/mol. The first-order chi connectivity index (χ1) is 14.8. The second-order valence-corrected chi connectivity index (χ2v) is 9.02. The first-order valence-electron chi connectivity index (χ1n) is 9.72. The topological polar surface area (TPSA) is 90.6 Å². The van der Waals surface area contributed by atoms with E-state index in [1.54, 1.807) is 19.2 Å². The van der Waals surface area contributed by atoms with E-state index >= 15 is 0 Å². The third-order valence-electron chi connectivity index (χ3n) is 4.68. The highest BCUT2D eigenvalue weighted by molar-refractivity contribution is 7.89. The normalized spacial score (nSPS) is 11.0. The van der Waals surface area contributed by atoms with Crippen LogP contribution in [0.15, 0.2) is 71.6 Å². The van der Waals surface area contributed by atoms with Gasteiger partial charge in [-0.15, -0.1) is 12.4 Å². The van der Waals surface area contributed by atoms with Gasteiger partial charge in [0.15, 0.2) is 11.5 Å². The van der Waals surface area contributed by atoms with E-state index in [0.29, 0.717) is 29.7 Å². The molecule has 3 aromatic carbocycles. The molecule has 0 heterocycles. The van der Waals surface area contributed by atoms with Crippen molar-refractivity contribution in [1.82, 2.24) is 5.32 Å². The van der Waals surface area contributed by atoms with Crippen molar-refractivity contribution in [1.29, 1.82) is 0 Å². The second-order valence-electron chi connectivity index (χ2n) is 7.02. The van der Waals surface area contributed by atoms with Crippen LogP contribution in [0.4, 0.5) is 0 Å². The van der Waals surface area contributed by atoms with Crippen molar-refractivity contribution in [3.8, 4) is 11.5 Å². The maximum absolute atomic E-state index is 11.3. The summed E-state index contributed by atoms with van der Waals surface area (Å²) in [6, 6.07) is 20.0. The molecular weight excluding hydrogens is 471 g/mol. The van der Waals surface area contributed by atoms with Gasteiger partial charge in [0, 0.05) is 11.6 Å². The van der Waals surface area contributed by atoms with Crippen LogP contribution in [-0.2, 0) is 29.6 Å². The smallest absolute Gasteiger partial charge is 0.238 e. The summed E-state index contributed by atoms with van der Waals surface area (Å²) in [6.07, 6.45) is 0.767. The largest absolute Gasteiger partial charge is 0.493 e. The van der Waals surface area contributed by atoms with Gasteiger partial charge in [0.1, 0.15) is 6.61 Å². The maximum Gasteiger partial charge on any atom is 0.238 e. The first-order valence-corrected chi connectivity index (χ1v) is 11.6. The van der Waals surface area contributed by atoms with Crippen molar-refractivity contribution in [2.24, 2.45) is 5.14 Å². The summed E-state index contributed by atoms with van der Waals surface area (Å²) in [5.41, 5.74) is 3.08. The third-order valence-corrected chi connectivity index (χ3v) is 5.85. The van der Waals surface area contributed by atoms with Crippen LogP contribution in [0.3, 0.4) is 0 Å². The number of hydrogen-bond acceptors (Lipinski definition) is 5. The number of sulfonamides is 1. The lowest BCUT2D eigenvalue weighted by molar-refractivity contribution is 0.284. The van der Waals surface area contributed by atoms with E-state index in [1.807, 2.05) is 42.5 Å². The van der Waals surface area contributed by atoms with Crippen LogP contribution >= 0.6 is 24.0 Å². The standard InChI is InChI=1S/C23H25ClN2O4S.ClH/c1-29-23-14-18(7-10-22(23)30-16-19-3-2-4-20(24)13-19)15-26-12-11-17-5-8-21(9-6-17)31(25,27)28;/h2-10,13-14,26H,11-12,15-16H2,1H3,(H2,25,27,28);1H. The molecule has 0 fully saturated rings. The Hall–Kier alpha value is -2.29. The van der Waals surface area contributed by atoms with E-state index in [1.165, 1.54) is 12.1 Å². The van der Waals surface area contributed by atoms with Crippen LogP contribution in [0.1, 0.15) is 16.7 Å². The number of nitrogens with one attached hydrogen (secondary N) is 1. The molecule has 0 spiro atoms. The molecule has 0 amide bonds. The summed E-state index contributed by atoms with van der Waals surface area (Å²) in [5.74, 6) is 1.33. The number of benzene rings is 3. The van der Waals surface area contributed by atoms with Gasteiger partial charge < -0.3 is 14.8 Å². The number of hydrogen-bond donors (Lipinski definition) is 2. The van der Waals surface area contributed by atoms with Gasteiger partial charge in [-0.2, -0.15) is 0 Å². The van der Waals surface area contributed by atoms with Crippen molar-refractivity contribution in [3.05, 3.63) is 88.4 Å². The van der Waals surface area contributed by atoms with E-state index < -0.39 is 10.0 Å². The van der Waals surface area contributed by atoms with Crippen LogP contribution in [0.5, 0.6) is 11.5 Å². The lowest BCUT2D eigenvalue weighted by Gasteiger charge is -2.13. The molecule has 3 N–H and O–H groups in total. The zero-order valence-electron chi connectivity index (χ0n) is 17.6. The fourth-order valence-corrected chi connectivity index (χ4v) is 3.77. The quantitative estimate of drug-likeness (QED) is 0.407. The monoisotopic (exact) mass is 496 g/mol. The third kappa shape index (κ3) is 7.69. The molecule has 0 radical (unpaired) electrons. The summed E-state index contributed by atoms with van der Waals surface area (Å²) >= 11 is 6.01. The second kappa shape index (κ2) is 12.1. The van der Waals surface area contributed by atoms with Crippen molar-refractivity contribution < 1.29 is 17.9 Å².